The lowest BCUT2D eigenvalue weighted by atomic mass is 10.2. The molecule has 0 atom stereocenters. The quantitative estimate of drug-likeness (QED) is 0.817. The molecule has 2 aliphatic heterocycles. The second-order valence-corrected chi connectivity index (χ2v) is 8.02. The molecule has 6 nitrogen and oxygen atoms in total. The summed E-state index contributed by atoms with van der Waals surface area (Å²) in [6.45, 7) is 5.02. The lowest BCUT2D eigenvalue weighted by molar-refractivity contribution is 0.0306. The van der Waals surface area contributed by atoms with Gasteiger partial charge in [0, 0.05) is 36.3 Å². The van der Waals surface area contributed by atoms with Crippen LogP contribution in [0, 0.1) is 6.92 Å². The van der Waals surface area contributed by atoms with E-state index < -0.39 is 0 Å². The summed E-state index contributed by atoms with van der Waals surface area (Å²) in [5, 5.41) is 3.32. The number of anilines is 1. The Morgan fingerprint density at radius 3 is 2.90 bits per heavy atom. The highest BCUT2D eigenvalue weighted by molar-refractivity contribution is 7.15. The Labute approximate surface area is 174 Å². The van der Waals surface area contributed by atoms with Crippen molar-refractivity contribution < 1.29 is 9.53 Å². The largest absolute Gasteiger partial charge is 0.378 e. The van der Waals surface area contributed by atoms with E-state index in [1.54, 1.807) is 0 Å². The van der Waals surface area contributed by atoms with Crippen LogP contribution in [-0.2, 0) is 11.3 Å². The van der Waals surface area contributed by atoms with Crippen LogP contribution in [0.3, 0.4) is 0 Å². The maximum absolute atomic E-state index is 12.9. The number of carbonyl (C=O) groups is 1. The number of fused-ring (bicyclic) bond motifs is 1. The fourth-order valence-electron chi connectivity index (χ4n) is 3.22. The van der Waals surface area contributed by atoms with E-state index in [9.17, 15) is 4.79 Å². The highest BCUT2D eigenvalue weighted by Crippen LogP contribution is 2.27. The third kappa shape index (κ3) is 4.81. The molecule has 0 spiro atoms. The molecule has 4 rings (SSSR count). The molecule has 1 aromatic heterocycles. The molecule has 3 heterocycles. The fourth-order valence-corrected chi connectivity index (χ4v) is 4.29. The van der Waals surface area contributed by atoms with Crippen molar-refractivity contribution in [3.05, 3.63) is 57.3 Å². The van der Waals surface area contributed by atoms with Gasteiger partial charge in [0.15, 0.2) is 0 Å². The number of para-hydroxylation sites is 1. The van der Waals surface area contributed by atoms with Gasteiger partial charge in [0.05, 0.1) is 24.6 Å². The average Bonchev–Trinajstić information content (AvgIpc) is 3.16. The molecular weight excluding hydrogens is 384 g/mol. The normalized spacial score (nSPS) is 18.0. The molecule has 0 radical (unpaired) electrons. The van der Waals surface area contributed by atoms with Gasteiger partial charge in [-0.2, -0.15) is 0 Å². The number of morpholine rings is 1. The Bertz CT molecular complexity index is 971. The van der Waals surface area contributed by atoms with Crippen LogP contribution in [-0.4, -0.2) is 49.3 Å². The van der Waals surface area contributed by atoms with Crippen molar-refractivity contribution in [1.29, 1.82) is 0 Å². The number of benzene rings is 1. The number of nitrogens with zero attached hydrogens (tertiary/aromatic N) is 3. The molecule has 0 saturated carbocycles. The standard InChI is InChI=1S/C22H24N4O2S/c1-16-6-2-3-7-18(16)25-22-23-9-5-4-8-19-17(15-24-22)14-20(29-19)21(27)26-10-12-28-13-11-26/h2-4,6-9,14H,5,10-13,15H2,1H3,(H,24,25)/b8-4-,23-9?. The minimum atomic E-state index is 0.0764. The van der Waals surface area contributed by atoms with Crippen LogP contribution in [0.15, 0.2) is 46.4 Å². The molecule has 7 heteroatoms. The van der Waals surface area contributed by atoms with E-state index in [0.717, 1.165) is 26.6 Å². The molecule has 1 amide bonds. The van der Waals surface area contributed by atoms with Crippen molar-refractivity contribution in [2.75, 3.05) is 31.6 Å². The van der Waals surface area contributed by atoms with Crippen LogP contribution in [0.4, 0.5) is 5.69 Å². The van der Waals surface area contributed by atoms with Gasteiger partial charge in [-0.15, -0.1) is 11.3 Å². The van der Waals surface area contributed by atoms with Gasteiger partial charge in [-0.05, 0) is 36.3 Å². The van der Waals surface area contributed by atoms with Crippen LogP contribution in [0.25, 0.3) is 6.08 Å². The zero-order chi connectivity index (χ0) is 20.1. The highest BCUT2D eigenvalue weighted by Gasteiger charge is 2.21. The second kappa shape index (κ2) is 9.15. The van der Waals surface area contributed by atoms with E-state index in [1.807, 2.05) is 35.4 Å². The Balaban J connectivity index is 1.56. The molecule has 0 unspecified atom stereocenters. The number of amides is 1. The number of ether oxygens (including phenoxy) is 1. The van der Waals surface area contributed by atoms with E-state index in [4.69, 9.17) is 4.74 Å². The average molecular weight is 409 g/mol. The number of nitrogens with one attached hydrogen (secondary N) is 1. The first-order valence-corrected chi connectivity index (χ1v) is 10.6. The number of carbonyl (C=O) groups excluding carboxylic acids is 1. The summed E-state index contributed by atoms with van der Waals surface area (Å²) in [4.78, 5) is 25.7. The van der Waals surface area contributed by atoms with Gasteiger partial charge >= 0.3 is 0 Å². The van der Waals surface area contributed by atoms with Crippen molar-refractivity contribution in [3.63, 3.8) is 0 Å². The zero-order valence-electron chi connectivity index (χ0n) is 16.4. The van der Waals surface area contributed by atoms with E-state index >= 15 is 0 Å². The third-order valence-corrected chi connectivity index (χ3v) is 6.00. The molecule has 0 bridgehead atoms. The number of aryl methyl sites for hydroxylation is 1. The monoisotopic (exact) mass is 408 g/mol. The number of guanidine groups is 1. The summed E-state index contributed by atoms with van der Waals surface area (Å²) in [5.74, 6) is 0.653. The van der Waals surface area contributed by atoms with Crippen molar-refractivity contribution >= 4 is 41.2 Å². The molecule has 1 saturated heterocycles. The van der Waals surface area contributed by atoms with Crippen LogP contribution in [0.1, 0.15) is 32.1 Å². The molecule has 150 valence electrons. The number of aliphatic imine (C=N–C) groups is 2. The summed E-state index contributed by atoms with van der Waals surface area (Å²) in [5.41, 5.74) is 3.17. The minimum Gasteiger partial charge on any atom is -0.378 e. The summed E-state index contributed by atoms with van der Waals surface area (Å²) in [6, 6.07) is 10.0. The summed E-state index contributed by atoms with van der Waals surface area (Å²) < 4.78 is 5.36. The Kier molecular flexibility index (Phi) is 6.17. The van der Waals surface area contributed by atoms with Gasteiger partial charge < -0.3 is 15.0 Å². The zero-order valence-corrected chi connectivity index (χ0v) is 17.2. The summed E-state index contributed by atoms with van der Waals surface area (Å²) in [6.07, 6.45) is 6.69. The molecule has 2 aliphatic rings. The Hall–Kier alpha value is -2.77. The van der Waals surface area contributed by atoms with Crippen LogP contribution >= 0.6 is 11.3 Å². The first kappa shape index (κ1) is 19.5. The van der Waals surface area contributed by atoms with Gasteiger partial charge in [-0.1, -0.05) is 24.3 Å². The predicted molar refractivity (Wildman–Crippen MR) is 119 cm³/mol. The predicted octanol–water partition coefficient (Wildman–Crippen LogP) is 3.98. The number of rotatable bonds is 2. The minimum absolute atomic E-state index is 0.0764. The lowest BCUT2D eigenvalue weighted by Crippen LogP contribution is -2.40. The molecular formula is C22H24N4O2S. The van der Waals surface area contributed by atoms with Gasteiger partial charge in [-0.25, -0.2) is 9.98 Å². The summed E-state index contributed by atoms with van der Waals surface area (Å²) in [7, 11) is 0. The summed E-state index contributed by atoms with van der Waals surface area (Å²) >= 11 is 1.53. The first-order chi connectivity index (χ1) is 14.2. The van der Waals surface area contributed by atoms with Gasteiger partial charge in [0.25, 0.3) is 5.91 Å². The third-order valence-electron chi connectivity index (χ3n) is 4.87. The first-order valence-electron chi connectivity index (χ1n) is 9.76. The number of hydrogen-bond donors (Lipinski definition) is 1. The molecule has 0 aliphatic carbocycles. The van der Waals surface area contributed by atoms with Crippen molar-refractivity contribution in [3.8, 4) is 0 Å². The van der Waals surface area contributed by atoms with Crippen LogP contribution in [0.2, 0.25) is 0 Å². The van der Waals surface area contributed by atoms with Crippen molar-refractivity contribution in [2.24, 2.45) is 9.98 Å². The number of hydrogen-bond acceptors (Lipinski definition) is 6. The van der Waals surface area contributed by atoms with Gasteiger partial charge in [0.2, 0.25) is 5.96 Å². The highest BCUT2D eigenvalue weighted by atomic mass is 32.1. The Morgan fingerprint density at radius 2 is 2.07 bits per heavy atom. The molecule has 1 aromatic carbocycles. The van der Waals surface area contributed by atoms with E-state index in [1.165, 1.54) is 11.3 Å². The fraction of sp³-hybridized carbons (Fsp3) is 0.318. The van der Waals surface area contributed by atoms with E-state index in [0.29, 0.717) is 45.2 Å². The van der Waals surface area contributed by atoms with E-state index in [2.05, 4.69) is 40.4 Å². The van der Waals surface area contributed by atoms with Crippen molar-refractivity contribution in [2.45, 2.75) is 19.9 Å². The maximum Gasteiger partial charge on any atom is 0.264 e. The SMILES string of the molecule is Cc1ccccc1NC1=NCc2cc(C(=O)N3CCOCC3)sc2/C=C\CC=N1. The smallest absolute Gasteiger partial charge is 0.264 e. The van der Waals surface area contributed by atoms with Crippen molar-refractivity contribution in [1.82, 2.24) is 4.90 Å². The van der Waals surface area contributed by atoms with Crippen LogP contribution in [0.5, 0.6) is 0 Å². The molecule has 2 aromatic rings. The van der Waals surface area contributed by atoms with Crippen LogP contribution < -0.4 is 5.32 Å². The lowest BCUT2D eigenvalue weighted by Gasteiger charge is -2.26. The number of thiophene rings is 1. The molecule has 1 N–H and O–H groups in total. The van der Waals surface area contributed by atoms with Gasteiger partial charge in [-0.3, -0.25) is 4.79 Å². The second-order valence-electron chi connectivity index (χ2n) is 6.93. The molecule has 1 fully saturated rings. The Morgan fingerprint density at radius 1 is 1.24 bits per heavy atom. The van der Waals surface area contributed by atoms with Gasteiger partial charge in [0.1, 0.15) is 0 Å². The number of allylic oxidation sites excluding steroid dienone is 1. The van der Waals surface area contributed by atoms with E-state index in [-0.39, 0.29) is 5.91 Å². The maximum atomic E-state index is 12.9. The topological polar surface area (TPSA) is 66.3 Å². The molecule has 29 heavy (non-hydrogen) atoms.